The molecule has 0 radical (unpaired) electrons. The van der Waals surface area contributed by atoms with Crippen molar-refractivity contribution in [2.24, 2.45) is 0 Å². The van der Waals surface area contributed by atoms with Crippen LogP contribution in [0.15, 0.2) is 36.4 Å². The van der Waals surface area contributed by atoms with Crippen molar-refractivity contribution in [3.05, 3.63) is 58.1 Å². The predicted molar refractivity (Wildman–Crippen MR) is 104 cm³/mol. The Labute approximate surface area is 160 Å². The number of piperidine rings is 1. The maximum Gasteiger partial charge on any atom is 0.120 e. The van der Waals surface area contributed by atoms with Crippen molar-refractivity contribution in [2.75, 3.05) is 19.7 Å². The molecule has 1 heterocycles. The van der Waals surface area contributed by atoms with E-state index >= 15 is 0 Å². The smallest absolute Gasteiger partial charge is 0.120 e. The largest absolute Gasteiger partial charge is 0.508 e. The predicted octanol–water partition coefficient (Wildman–Crippen LogP) is 4.07. The molecule has 3 rings (SSSR count). The molecule has 0 spiro atoms. The van der Waals surface area contributed by atoms with Gasteiger partial charge in [-0.05, 0) is 67.6 Å². The fraction of sp³-hybridized carbons (Fsp3) is 0.429. The molecular weight excluding hydrogens is 350 g/mol. The minimum absolute atomic E-state index is 0.284. The lowest BCUT2D eigenvalue weighted by Crippen LogP contribution is -2.47. The van der Waals surface area contributed by atoms with Crippen molar-refractivity contribution in [2.45, 2.75) is 38.8 Å². The van der Waals surface area contributed by atoms with Crippen molar-refractivity contribution >= 4 is 11.6 Å². The highest BCUT2D eigenvalue weighted by molar-refractivity contribution is 6.32. The number of rotatable bonds is 5. The zero-order valence-electron chi connectivity index (χ0n) is 15.3. The molecule has 2 aromatic carbocycles. The van der Waals surface area contributed by atoms with Crippen LogP contribution in [0.4, 0.5) is 0 Å². The highest BCUT2D eigenvalue weighted by Gasteiger charge is 2.33. The second kappa shape index (κ2) is 7.87. The summed E-state index contributed by atoms with van der Waals surface area (Å²) in [5.41, 5.74) is 2.33. The van der Waals surface area contributed by atoms with E-state index in [0.717, 1.165) is 47.1 Å². The lowest BCUT2D eigenvalue weighted by atomic mass is 9.92. The number of aliphatic hydroxyl groups is 1. The molecule has 0 unspecified atom stereocenters. The zero-order valence-corrected chi connectivity index (χ0v) is 16.1. The van der Waals surface area contributed by atoms with E-state index in [-0.39, 0.29) is 5.75 Å². The van der Waals surface area contributed by atoms with Gasteiger partial charge in [0.1, 0.15) is 23.7 Å². The molecule has 1 aliphatic heterocycles. The van der Waals surface area contributed by atoms with Gasteiger partial charge < -0.3 is 14.9 Å². The van der Waals surface area contributed by atoms with Crippen LogP contribution in [-0.4, -0.2) is 40.4 Å². The highest BCUT2D eigenvalue weighted by atomic mass is 35.5. The van der Waals surface area contributed by atoms with Gasteiger partial charge in [-0.25, -0.2) is 0 Å². The summed E-state index contributed by atoms with van der Waals surface area (Å²) < 4.78 is 5.88. The standard InChI is InChI=1S/C21H26ClNO3/c1-15-11-19(12-16(2)20(15)22)26-14-21(25)7-9-23(10-8-21)13-17-3-5-18(24)6-4-17/h3-6,11-12,24-25H,7-10,13-14H2,1-2H3. The van der Waals surface area contributed by atoms with Gasteiger partial charge in [0.2, 0.25) is 0 Å². The molecular formula is C21H26ClNO3. The number of aromatic hydroxyl groups is 1. The van der Waals surface area contributed by atoms with Crippen LogP contribution in [-0.2, 0) is 6.54 Å². The first-order valence-electron chi connectivity index (χ1n) is 8.97. The maximum absolute atomic E-state index is 10.8. The summed E-state index contributed by atoms with van der Waals surface area (Å²) in [4.78, 5) is 2.32. The molecule has 1 saturated heterocycles. The Balaban J connectivity index is 1.52. The van der Waals surface area contributed by atoms with E-state index in [1.54, 1.807) is 12.1 Å². The Morgan fingerprint density at radius 3 is 2.23 bits per heavy atom. The molecule has 2 N–H and O–H groups in total. The maximum atomic E-state index is 10.8. The van der Waals surface area contributed by atoms with E-state index in [4.69, 9.17) is 16.3 Å². The molecule has 0 saturated carbocycles. The van der Waals surface area contributed by atoms with Crippen LogP contribution in [0.25, 0.3) is 0 Å². The highest BCUT2D eigenvalue weighted by Crippen LogP contribution is 2.28. The van der Waals surface area contributed by atoms with Gasteiger partial charge in [0.15, 0.2) is 0 Å². The molecule has 0 bridgehead atoms. The van der Waals surface area contributed by atoms with Crippen molar-refractivity contribution < 1.29 is 14.9 Å². The van der Waals surface area contributed by atoms with Crippen LogP contribution in [0.3, 0.4) is 0 Å². The van der Waals surface area contributed by atoms with Crippen molar-refractivity contribution in [1.82, 2.24) is 4.90 Å². The molecule has 0 aromatic heterocycles. The van der Waals surface area contributed by atoms with Gasteiger partial charge in [-0.1, -0.05) is 23.7 Å². The Hall–Kier alpha value is -1.75. The van der Waals surface area contributed by atoms with Crippen LogP contribution in [0.1, 0.15) is 29.5 Å². The van der Waals surface area contributed by atoms with Crippen molar-refractivity contribution in [3.63, 3.8) is 0 Å². The molecule has 0 atom stereocenters. The lowest BCUT2D eigenvalue weighted by molar-refractivity contribution is -0.0537. The van der Waals surface area contributed by atoms with E-state index in [2.05, 4.69) is 4.90 Å². The average molecular weight is 376 g/mol. The fourth-order valence-electron chi connectivity index (χ4n) is 3.34. The molecule has 5 heteroatoms. The lowest BCUT2D eigenvalue weighted by Gasteiger charge is -2.38. The number of hydrogen-bond acceptors (Lipinski definition) is 4. The van der Waals surface area contributed by atoms with E-state index in [1.807, 2.05) is 38.1 Å². The molecule has 4 nitrogen and oxygen atoms in total. The second-order valence-electron chi connectivity index (χ2n) is 7.33. The third-order valence-corrected chi connectivity index (χ3v) is 5.64. The topological polar surface area (TPSA) is 52.9 Å². The molecule has 0 aliphatic carbocycles. The summed E-state index contributed by atoms with van der Waals surface area (Å²) in [6, 6.07) is 11.1. The summed E-state index contributed by atoms with van der Waals surface area (Å²) in [6.45, 7) is 6.67. The number of phenols is 1. The SMILES string of the molecule is Cc1cc(OCC2(O)CCN(Cc3ccc(O)cc3)CC2)cc(C)c1Cl. The first kappa shape index (κ1) is 19.0. The minimum atomic E-state index is -0.799. The number of halogens is 1. The minimum Gasteiger partial charge on any atom is -0.508 e. The van der Waals surface area contributed by atoms with Crippen molar-refractivity contribution in [3.8, 4) is 11.5 Å². The molecule has 2 aromatic rings. The Morgan fingerprint density at radius 2 is 1.65 bits per heavy atom. The van der Waals surface area contributed by atoms with Crippen LogP contribution >= 0.6 is 11.6 Å². The fourth-order valence-corrected chi connectivity index (χ4v) is 3.45. The van der Waals surface area contributed by atoms with Gasteiger partial charge in [-0.15, -0.1) is 0 Å². The zero-order chi connectivity index (χ0) is 18.7. The summed E-state index contributed by atoms with van der Waals surface area (Å²) in [5, 5.41) is 21.0. The molecule has 140 valence electrons. The third kappa shape index (κ3) is 4.70. The number of benzene rings is 2. The van der Waals surface area contributed by atoms with Crippen LogP contribution in [0.2, 0.25) is 5.02 Å². The second-order valence-corrected chi connectivity index (χ2v) is 7.70. The molecule has 26 heavy (non-hydrogen) atoms. The number of aryl methyl sites for hydroxylation is 2. The van der Waals surface area contributed by atoms with Crippen LogP contribution in [0.5, 0.6) is 11.5 Å². The summed E-state index contributed by atoms with van der Waals surface area (Å²) in [6.07, 6.45) is 1.35. The third-order valence-electron chi connectivity index (χ3n) is 5.05. The first-order chi connectivity index (χ1) is 12.3. The number of phenolic OH excluding ortho intramolecular Hbond substituents is 1. The Kier molecular flexibility index (Phi) is 5.76. The normalized spacial score (nSPS) is 17.2. The van der Waals surface area contributed by atoms with Gasteiger partial charge >= 0.3 is 0 Å². The van der Waals surface area contributed by atoms with E-state index in [0.29, 0.717) is 19.4 Å². The number of nitrogens with zero attached hydrogens (tertiary/aromatic N) is 1. The van der Waals surface area contributed by atoms with E-state index < -0.39 is 5.60 Å². The average Bonchev–Trinajstić information content (AvgIpc) is 2.62. The van der Waals surface area contributed by atoms with Crippen molar-refractivity contribution in [1.29, 1.82) is 0 Å². The van der Waals surface area contributed by atoms with E-state index in [9.17, 15) is 10.2 Å². The quantitative estimate of drug-likeness (QED) is 0.827. The molecule has 1 aliphatic rings. The Bertz CT molecular complexity index is 729. The van der Waals surface area contributed by atoms with Gasteiger partial charge in [0, 0.05) is 24.7 Å². The van der Waals surface area contributed by atoms with Gasteiger partial charge in [0.25, 0.3) is 0 Å². The van der Waals surface area contributed by atoms with E-state index in [1.165, 1.54) is 0 Å². The number of likely N-dealkylation sites (tertiary alicyclic amines) is 1. The number of hydrogen-bond donors (Lipinski definition) is 2. The molecule has 0 amide bonds. The van der Waals surface area contributed by atoms with Crippen LogP contribution < -0.4 is 4.74 Å². The summed E-state index contributed by atoms with van der Waals surface area (Å²) >= 11 is 6.19. The number of ether oxygens (including phenoxy) is 1. The first-order valence-corrected chi connectivity index (χ1v) is 9.35. The summed E-state index contributed by atoms with van der Waals surface area (Å²) in [5.74, 6) is 1.04. The monoisotopic (exact) mass is 375 g/mol. The summed E-state index contributed by atoms with van der Waals surface area (Å²) in [7, 11) is 0. The van der Waals surface area contributed by atoms with Gasteiger partial charge in [0.05, 0.1) is 0 Å². The Morgan fingerprint density at radius 1 is 1.08 bits per heavy atom. The van der Waals surface area contributed by atoms with Crippen LogP contribution in [0, 0.1) is 13.8 Å². The van der Waals surface area contributed by atoms with Gasteiger partial charge in [-0.2, -0.15) is 0 Å². The van der Waals surface area contributed by atoms with Gasteiger partial charge in [-0.3, -0.25) is 4.90 Å². The molecule has 1 fully saturated rings.